The molecule has 2 aliphatic rings. The number of para-hydroxylation sites is 1. The van der Waals surface area contributed by atoms with E-state index >= 15 is 0 Å². The Bertz CT molecular complexity index is 937. The number of anilines is 1. The molecule has 31 heavy (non-hydrogen) atoms. The van der Waals surface area contributed by atoms with E-state index in [0.717, 1.165) is 37.2 Å². The predicted molar refractivity (Wildman–Crippen MR) is 118 cm³/mol. The summed E-state index contributed by atoms with van der Waals surface area (Å²) >= 11 is 0. The van der Waals surface area contributed by atoms with Crippen LogP contribution in [0.3, 0.4) is 0 Å². The fourth-order valence-electron chi connectivity index (χ4n) is 4.38. The van der Waals surface area contributed by atoms with Crippen molar-refractivity contribution in [3.63, 3.8) is 0 Å². The number of nitrogens with one attached hydrogen (secondary N) is 1. The first-order valence-corrected chi connectivity index (χ1v) is 10.7. The van der Waals surface area contributed by atoms with Gasteiger partial charge in [-0.25, -0.2) is 4.79 Å². The second-order valence-electron chi connectivity index (χ2n) is 8.75. The monoisotopic (exact) mass is 423 g/mol. The van der Waals surface area contributed by atoms with Crippen LogP contribution in [0.2, 0.25) is 0 Å². The zero-order valence-corrected chi connectivity index (χ0v) is 18.0. The first kappa shape index (κ1) is 21.2. The maximum absolute atomic E-state index is 13.6. The van der Waals surface area contributed by atoms with Gasteiger partial charge < -0.3 is 25.0 Å². The molecular formula is C24H29N3O4. The SMILES string of the molecule is CC(C)(Oc1ccc(CN2CN(c3ccccc3)C3(CCNCC3)C2=O)cc1)C(=O)O. The Morgan fingerprint density at radius 3 is 2.35 bits per heavy atom. The van der Waals surface area contributed by atoms with Gasteiger partial charge in [-0.2, -0.15) is 0 Å². The summed E-state index contributed by atoms with van der Waals surface area (Å²) in [6.45, 7) is 5.74. The standard InChI is InChI=1S/C24H29N3O4/c1-23(2,22(29)30)31-20-10-8-18(9-11-20)16-26-17-27(19-6-4-3-5-7-19)24(21(26)28)12-14-25-15-13-24/h3-11,25H,12-17H2,1-2H3,(H,29,30). The average molecular weight is 424 g/mol. The van der Waals surface area contributed by atoms with Crippen LogP contribution >= 0.6 is 0 Å². The third kappa shape index (κ3) is 4.10. The molecule has 2 fully saturated rings. The molecule has 164 valence electrons. The molecule has 2 aromatic carbocycles. The molecule has 4 rings (SSSR count). The van der Waals surface area contributed by atoms with Crippen molar-refractivity contribution in [2.45, 2.75) is 44.4 Å². The van der Waals surface area contributed by atoms with Crippen LogP contribution in [0.4, 0.5) is 5.69 Å². The molecule has 7 nitrogen and oxygen atoms in total. The number of nitrogens with zero attached hydrogens (tertiary/aromatic N) is 2. The summed E-state index contributed by atoms with van der Waals surface area (Å²) < 4.78 is 5.58. The first-order valence-electron chi connectivity index (χ1n) is 10.7. The van der Waals surface area contributed by atoms with E-state index in [-0.39, 0.29) is 5.91 Å². The quantitative estimate of drug-likeness (QED) is 0.744. The smallest absolute Gasteiger partial charge is 0.347 e. The summed E-state index contributed by atoms with van der Waals surface area (Å²) in [4.78, 5) is 29.0. The van der Waals surface area contributed by atoms with Crippen LogP contribution in [0, 0.1) is 0 Å². The van der Waals surface area contributed by atoms with Gasteiger partial charge in [-0.1, -0.05) is 30.3 Å². The molecule has 0 bridgehead atoms. The van der Waals surface area contributed by atoms with Crippen molar-refractivity contribution in [2.24, 2.45) is 0 Å². The number of carbonyl (C=O) groups excluding carboxylic acids is 1. The molecule has 0 aromatic heterocycles. The minimum Gasteiger partial charge on any atom is -0.478 e. The first-order chi connectivity index (χ1) is 14.8. The van der Waals surface area contributed by atoms with Crippen molar-refractivity contribution < 1.29 is 19.4 Å². The van der Waals surface area contributed by atoms with E-state index in [9.17, 15) is 14.7 Å². The number of benzene rings is 2. The van der Waals surface area contributed by atoms with E-state index in [4.69, 9.17) is 4.74 Å². The number of hydrogen-bond acceptors (Lipinski definition) is 5. The number of carboxylic acid groups (broad SMARTS) is 1. The van der Waals surface area contributed by atoms with Crippen LogP contribution in [0.5, 0.6) is 5.75 Å². The van der Waals surface area contributed by atoms with Crippen molar-refractivity contribution in [3.8, 4) is 5.75 Å². The number of aliphatic carboxylic acids is 1. The van der Waals surface area contributed by atoms with Gasteiger partial charge in [0.1, 0.15) is 11.3 Å². The summed E-state index contributed by atoms with van der Waals surface area (Å²) in [5, 5.41) is 12.6. The van der Waals surface area contributed by atoms with Gasteiger partial charge in [-0.3, -0.25) is 4.79 Å². The number of piperidine rings is 1. The third-order valence-electron chi connectivity index (χ3n) is 6.20. The second-order valence-corrected chi connectivity index (χ2v) is 8.75. The molecule has 2 saturated heterocycles. The van der Waals surface area contributed by atoms with Crippen LogP contribution in [0.25, 0.3) is 0 Å². The predicted octanol–water partition coefficient (Wildman–Crippen LogP) is 2.86. The topological polar surface area (TPSA) is 82.1 Å². The fraction of sp³-hybridized carbons (Fsp3) is 0.417. The molecule has 2 aromatic rings. The highest BCUT2D eigenvalue weighted by Gasteiger charge is 2.52. The zero-order valence-electron chi connectivity index (χ0n) is 18.0. The highest BCUT2D eigenvalue weighted by atomic mass is 16.5. The number of ether oxygens (including phenoxy) is 1. The minimum atomic E-state index is -1.30. The van der Waals surface area contributed by atoms with Crippen LogP contribution in [0.1, 0.15) is 32.3 Å². The van der Waals surface area contributed by atoms with Crippen LogP contribution in [-0.2, 0) is 16.1 Å². The maximum Gasteiger partial charge on any atom is 0.347 e. The van der Waals surface area contributed by atoms with Crippen molar-refractivity contribution in [2.75, 3.05) is 24.7 Å². The number of amides is 1. The van der Waals surface area contributed by atoms with Crippen molar-refractivity contribution in [1.82, 2.24) is 10.2 Å². The van der Waals surface area contributed by atoms with E-state index in [1.165, 1.54) is 13.8 Å². The highest BCUT2D eigenvalue weighted by molar-refractivity contribution is 5.93. The molecule has 0 saturated carbocycles. The van der Waals surface area contributed by atoms with Crippen LogP contribution in [-0.4, -0.2) is 52.8 Å². The fourth-order valence-corrected chi connectivity index (χ4v) is 4.38. The average Bonchev–Trinajstić information content (AvgIpc) is 3.02. The van der Waals surface area contributed by atoms with Crippen molar-refractivity contribution in [3.05, 3.63) is 60.2 Å². The molecule has 0 unspecified atom stereocenters. The summed E-state index contributed by atoms with van der Waals surface area (Å²) in [6.07, 6.45) is 1.57. The van der Waals surface area contributed by atoms with E-state index in [1.807, 2.05) is 35.2 Å². The molecule has 1 spiro atoms. The summed E-state index contributed by atoms with van der Waals surface area (Å²) in [5.74, 6) is -0.359. The van der Waals surface area contributed by atoms with Gasteiger partial charge in [0.15, 0.2) is 5.60 Å². The van der Waals surface area contributed by atoms with Gasteiger partial charge in [0.05, 0.1) is 6.67 Å². The van der Waals surface area contributed by atoms with Gasteiger partial charge >= 0.3 is 5.97 Å². The Morgan fingerprint density at radius 2 is 1.74 bits per heavy atom. The van der Waals surface area contributed by atoms with Crippen molar-refractivity contribution in [1.29, 1.82) is 0 Å². The van der Waals surface area contributed by atoms with Crippen molar-refractivity contribution >= 4 is 17.6 Å². The molecular weight excluding hydrogens is 394 g/mol. The number of carbonyl (C=O) groups is 2. The maximum atomic E-state index is 13.6. The molecule has 1 amide bonds. The Balaban J connectivity index is 1.52. The molecule has 2 heterocycles. The highest BCUT2D eigenvalue weighted by Crippen LogP contribution is 2.38. The molecule has 0 radical (unpaired) electrons. The molecule has 7 heteroatoms. The molecule has 0 atom stereocenters. The summed E-state index contributed by atoms with van der Waals surface area (Å²) in [6, 6.07) is 17.4. The molecule has 0 aliphatic carbocycles. The number of rotatable bonds is 6. The van der Waals surface area contributed by atoms with Gasteiger partial charge in [-0.05, 0) is 69.6 Å². The van der Waals surface area contributed by atoms with E-state index < -0.39 is 17.1 Å². The van der Waals surface area contributed by atoms with Crippen LogP contribution < -0.4 is 15.0 Å². The Hall–Kier alpha value is -3.06. The lowest BCUT2D eigenvalue weighted by Gasteiger charge is -2.40. The minimum absolute atomic E-state index is 0.171. The second kappa shape index (κ2) is 8.23. The van der Waals surface area contributed by atoms with Gasteiger partial charge in [0, 0.05) is 12.2 Å². The summed E-state index contributed by atoms with van der Waals surface area (Å²) in [7, 11) is 0. The lowest BCUT2D eigenvalue weighted by molar-refractivity contribution is -0.152. The normalized spacial score (nSPS) is 18.5. The lowest BCUT2D eigenvalue weighted by Crippen LogP contribution is -2.55. The van der Waals surface area contributed by atoms with E-state index in [0.29, 0.717) is 19.0 Å². The van der Waals surface area contributed by atoms with E-state index in [1.54, 1.807) is 12.1 Å². The van der Waals surface area contributed by atoms with Gasteiger partial charge in [-0.15, -0.1) is 0 Å². The zero-order chi connectivity index (χ0) is 22.1. The third-order valence-corrected chi connectivity index (χ3v) is 6.20. The lowest BCUT2D eigenvalue weighted by atomic mass is 9.86. The Labute approximate surface area is 182 Å². The van der Waals surface area contributed by atoms with Gasteiger partial charge in [0.25, 0.3) is 0 Å². The Morgan fingerprint density at radius 1 is 1.10 bits per heavy atom. The Kier molecular flexibility index (Phi) is 5.62. The van der Waals surface area contributed by atoms with E-state index in [2.05, 4.69) is 22.3 Å². The molecule has 2 N–H and O–H groups in total. The van der Waals surface area contributed by atoms with Gasteiger partial charge in [0.2, 0.25) is 5.91 Å². The summed E-state index contributed by atoms with van der Waals surface area (Å²) in [5.41, 5.74) is 0.248. The van der Waals surface area contributed by atoms with Crippen LogP contribution in [0.15, 0.2) is 54.6 Å². The largest absolute Gasteiger partial charge is 0.478 e. The number of carboxylic acids is 1. The number of hydrogen-bond donors (Lipinski definition) is 2. The molecule has 2 aliphatic heterocycles.